The monoisotopic (exact) mass is 369 g/mol. The third-order valence-corrected chi connectivity index (χ3v) is 4.51. The molecule has 0 bridgehead atoms. The maximum Gasteiger partial charge on any atom is 0.365 e. The molecule has 5 heteroatoms. The van der Waals surface area contributed by atoms with Crippen molar-refractivity contribution in [3.63, 3.8) is 0 Å². The van der Waals surface area contributed by atoms with Crippen molar-refractivity contribution in [3.05, 3.63) is 70.3 Å². The molecular formula is C21H20ClNO3. The quantitative estimate of drug-likeness (QED) is 0.526. The van der Waals surface area contributed by atoms with Gasteiger partial charge in [0, 0.05) is 5.02 Å². The second-order valence-electron chi connectivity index (χ2n) is 6.07. The van der Waals surface area contributed by atoms with Crippen molar-refractivity contribution < 1.29 is 14.4 Å². The highest BCUT2D eigenvalue weighted by molar-refractivity contribution is 6.30. The third kappa shape index (κ3) is 4.73. The van der Waals surface area contributed by atoms with E-state index in [0.29, 0.717) is 16.3 Å². The van der Waals surface area contributed by atoms with Gasteiger partial charge >= 0.3 is 5.97 Å². The summed E-state index contributed by atoms with van der Waals surface area (Å²) in [7, 11) is 1.58. The lowest BCUT2D eigenvalue weighted by Crippen LogP contribution is -2.11. The van der Waals surface area contributed by atoms with Crippen molar-refractivity contribution in [2.75, 3.05) is 7.11 Å². The summed E-state index contributed by atoms with van der Waals surface area (Å²) in [6.07, 6.45) is 5.94. The Morgan fingerprint density at radius 3 is 2.42 bits per heavy atom. The Balaban J connectivity index is 1.74. The second-order valence-corrected chi connectivity index (χ2v) is 6.51. The van der Waals surface area contributed by atoms with Crippen LogP contribution >= 0.6 is 11.6 Å². The first-order valence-electron chi connectivity index (χ1n) is 8.54. The highest BCUT2D eigenvalue weighted by atomic mass is 35.5. The molecule has 1 aliphatic rings. The van der Waals surface area contributed by atoms with E-state index in [1.807, 2.05) is 24.3 Å². The van der Waals surface area contributed by atoms with Crippen molar-refractivity contribution >= 4 is 29.4 Å². The number of allylic oxidation sites excluding steroid dienone is 1. The molecule has 0 atom stereocenters. The van der Waals surface area contributed by atoms with Gasteiger partial charge in [-0.25, -0.2) is 4.79 Å². The first-order valence-corrected chi connectivity index (χ1v) is 8.92. The molecule has 1 saturated carbocycles. The summed E-state index contributed by atoms with van der Waals surface area (Å²) in [5, 5.41) is 4.85. The van der Waals surface area contributed by atoms with E-state index in [0.717, 1.165) is 42.5 Å². The van der Waals surface area contributed by atoms with Gasteiger partial charge in [0.1, 0.15) is 5.75 Å². The Hall–Kier alpha value is -2.59. The molecule has 0 amide bonds. The molecular weight excluding hydrogens is 350 g/mol. The number of rotatable bonds is 4. The summed E-state index contributed by atoms with van der Waals surface area (Å²) in [6, 6.07) is 14.4. The standard InChI is InChI=1S/C21H20ClNO3/c1-25-19-12-8-16(9-13-19)21(24)26-23-20-5-3-2-4-17(20)14-15-6-10-18(22)11-7-15/h6-14H,2-5H2,1H3/b17-14+,23-20+. The lowest BCUT2D eigenvalue weighted by molar-refractivity contribution is 0.0515. The Kier molecular flexibility index (Phi) is 6.08. The molecule has 0 aromatic heterocycles. The lowest BCUT2D eigenvalue weighted by atomic mass is 9.91. The Bertz CT molecular complexity index is 823. The number of methoxy groups -OCH3 is 1. The fraction of sp³-hybridized carbons (Fsp3) is 0.238. The molecule has 1 aliphatic carbocycles. The maximum absolute atomic E-state index is 12.2. The van der Waals surface area contributed by atoms with Crippen LogP contribution in [0.25, 0.3) is 6.08 Å². The van der Waals surface area contributed by atoms with Gasteiger partial charge in [0.2, 0.25) is 0 Å². The zero-order valence-corrected chi connectivity index (χ0v) is 15.3. The van der Waals surface area contributed by atoms with Crippen LogP contribution in [0.1, 0.15) is 41.6 Å². The van der Waals surface area contributed by atoms with Gasteiger partial charge in [-0.05, 0) is 79.3 Å². The van der Waals surface area contributed by atoms with E-state index in [1.54, 1.807) is 31.4 Å². The van der Waals surface area contributed by atoms with Gasteiger partial charge in [0.15, 0.2) is 0 Å². The predicted molar refractivity (Wildman–Crippen MR) is 104 cm³/mol. The Morgan fingerprint density at radius 2 is 1.73 bits per heavy atom. The zero-order chi connectivity index (χ0) is 18.4. The number of oxime groups is 1. The fourth-order valence-corrected chi connectivity index (χ4v) is 2.94. The topological polar surface area (TPSA) is 47.9 Å². The minimum Gasteiger partial charge on any atom is -0.497 e. The van der Waals surface area contributed by atoms with Gasteiger partial charge in [-0.15, -0.1) is 0 Å². The van der Waals surface area contributed by atoms with Crippen molar-refractivity contribution in [2.24, 2.45) is 5.16 Å². The fourth-order valence-electron chi connectivity index (χ4n) is 2.81. The zero-order valence-electron chi connectivity index (χ0n) is 14.6. The van der Waals surface area contributed by atoms with E-state index < -0.39 is 5.97 Å². The van der Waals surface area contributed by atoms with Crippen LogP contribution in [0.4, 0.5) is 0 Å². The molecule has 0 unspecified atom stereocenters. The average Bonchev–Trinajstić information content (AvgIpc) is 2.69. The minimum atomic E-state index is -0.475. The molecule has 2 aromatic rings. The number of ether oxygens (including phenoxy) is 1. The van der Waals surface area contributed by atoms with E-state index in [1.165, 1.54) is 0 Å². The third-order valence-electron chi connectivity index (χ3n) is 4.26. The second kappa shape index (κ2) is 8.68. The summed E-state index contributed by atoms with van der Waals surface area (Å²) >= 11 is 5.94. The summed E-state index contributed by atoms with van der Waals surface area (Å²) in [5.41, 5.74) is 3.42. The highest BCUT2D eigenvalue weighted by Crippen LogP contribution is 2.24. The molecule has 0 saturated heterocycles. The molecule has 2 aromatic carbocycles. The van der Waals surface area contributed by atoms with Crippen LogP contribution in [0.5, 0.6) is 5.75 Å². The van der Waals surface area contributed by atoms with Crippen LogP contribution in [0.3, 0.4) is 0 Å². The normalized spacial score (nSPS) is 17.3. The largest absolute Gasteiger partial charge is 0.497 e. The minimum absolute atomic E-state index is 0.439. The van der Waals surface area contributed by atoms with E-state index in [4.69, 9.17) is 21.2 Å². The van der Waals surface area contributed by atoms with Crippen LogP contribution in [-0.4, -0.2) is 18.8 Å². The number of halogens is 1. The van der Waals surface area contributed by atoms with Gasteiger partial charge in [-0.2, -0.15) is 0 Å². The molecule has 4 nitrogen and oxygen atoms in total. The van der Waals surface area contributed by atoms with Crippen molar-refractivity contribution in [3.8, 4) is 5.75 Å². The van der Waals surface area contributed by atoms with E-state index >= 15 is 0 Å². The molecule has 0 radical (unpaired) electrons. The Labute approximate surface area is 158 Å². The number of hydrogen-bond acceptors (Lipinski definition) is 4. The van der Waals surface area contributed by atoms with Crippen molar-refractivity contribution in [1.82, 2.24) is 0 Å². The SMILES string of the molecule is COc1ccc(C(=O)O/N=C2\CCCC\C2=C/c2ccc(Cl)cc2)cc1. The van der Waals surface area contributed by atoms with Gasteiger partial charge in [-0.1, -0.05) is 28.9 Å². The maximum atomic E-state index is 12.2. The average molecular weight is 370 g/mol. The van der Waals surface area contributed by atoms with Crippen LogP contribution in [-0.2, 0) is 4.84 Å². The van der Waals surface area contributed by atoms with Gasteiger partial charge in [0.05, 0.1) is 18.4 Å². The first-order chi connectivity index (χ1) is 12.7. The van der Waals surface area contributed by atoms with Gasteiger partial charge < -0.3 is 9.57 Å². The number of carbonyl (C=O) groups excluding carboxylic acids is 1. The van der Waals surface area contributed by atoms with E-state index in [9.17, 15) is 4.79 Å². The molecule has 0 N–H and O–H groups in total. The molecule has 0 aliphatic heterocycles. The van der Waals surface area contributed by atoms with Crippen LogP contribution in [0.15, 0.2) is 59.3 Å². The molecule has 0 spiro atoms. The number of nitrogens with zero attached hydrogens (tertiary/aromatic N) is 1. The van der Waals surface area contributed by atoms with E-state index in [2.05, 4.69) is 11.2 Å². The molecule has 0 heterocycles. The van der Waals surface area contributed by atoms with Crippen LogP contribution in [0, 0.1) is 0 Å². The summed E-state index contributed by atoms with van der Waals surface area (Å²) in [6.45, 7) is 0. The Morgan fingerprint density at radius 1 is 1.04 bits per heavy atom. The van der Waals surface area contributed by atoms with E-state index in [-0.39, 0.29) is 0 Å². The predicted octanol–water partition coefficient (Wildman–Crippen LogP) is 5.52. The number of benzene rings is 2. The first kappa shape index (κ1) is 18.2. The molecule has 26 heavy (non-hydrogen) atoms. The molecule has 1 fully saturated rings. The van der Waals surface area contributed by atoms with Gasteiger partial charge in [0.25, 0.3) is 0 Å². The summed E-state index contributed by atoms with van der Waals surface area (Å²) < 4.78 is 5.09. The summed E-state index contributed by atoms with van der Waals surface area (Å²) in [4.78, 5) is 17.4. The number of hydrogen-bond donors (Lipinski definition) is 0. The molecule has 3 rings (SSSR count). The van der Waals surface area contributed by atoms with Crippen molar-refractivity contribution in [2.45, 2.75) is 25.7 Å². The smallest absolute Gasteiger partial charge is 0.365 e. The highest BCUT2D eigenvalue weighted by Gasteiger charge is 2.16. The number of carbonyl (C=O) groups is 1. The van der Waals surface area contributed by atoms with Gasteiger partial charge in [-0.3, -0.25) is 0 Å². The van der Waals surface area contributed by atoms with Crippen LogP contribution in [0.2, 0.25) is 5.02 Å². The lowest BCUT2D eigenvalue weighted by Gasteiger charge is -2.16. The van der Waals surface area contributed by atoms with Crippen molar-refractivity contribution in [1.29, 1.82) is 0 Å². The summed E-state index contributed by atoms with van der Waals surface area (Å²) in [5.74, 6) is 0.213. The van der Waals surface area contributed by atoms with Crippen LogP contribution < -0.4 is 4.74 Å². The molecule has 134 valence electrons.